The van der Waals surface area contributed by atoms with Crippen molar-refractivity contribution in [1.29, 1.82) is 0 Å². The van der Waals surface area contributed by atoms with Gasteiger partial charge in [0.05, 0.1) is 0 Å². The first-order valence-electron chi connectivity index (χ1n) is 6.50. The predicted octanol–water partition coefficient (Wildman–Crippen LogP) is 4.41. The molecule has 0 saturated heterocycles. The van der Waals surface area contributed by atoms with E-state index < -0.39 is 0 Å². The van der Waals surface area contributed by atoms with Crippen molar-refractivity contribution in [2.75, 3.05) is 0 Å². The van der Waals surface area contributed by atoms with Crippen molar-refractivity contribution in [3.63, 3.8) is 0 Å². The Morgan fingerprint density at radius 3 is 2.24 bits per heavy atom. The van der Waals surface area contributed by atoms with E-state index in [4.69, 9.17) is 4.42 Å². The summed E-state index contributed by atoms with van der Waals surface area (Å²) in [7, 11) is 0. The maximum absolute atomic E-state index is 5.81. The van der Waals surface area contributed by atoms with E-state index in [9.17, 15) is 0 Å². The number of hydrogen-bond acceptors (Lipinski definition) is 1. The zero-order valence-corrected chi connectivity index (χ0v) is 10.5. The Morgan fingerprint density at radius 2 is 1.53 bits per heavy atom. The number of hydrogen-bond donors (Lipinski definition) is 0. The molecule has 0 N–H and O–H groups in total. The minimum atomic E-state index is 0.996. The molecule has 2 aromatic rings. The molecule has 0 fully saturated rings. The van der Waals surface area contributed by atoms with Crippen molar-refractivity contribution >= 4 is 0 Å². The fourth-order valence-corrected chi connectivity index (χ4v) is 1.95. The molecule has 90 valence electrons. The molecule has 0 bridgehead atoms. The van der Waals surface area contributed by atoms with Crippen LogP contribution < -0.4 is 0 Å². The molecule has 1 aromatic heterocycles. The van der Waals surface area contributed by atoms with Crippen molar-refractivity contribution in [2.45, 2.75) is 39.0 Å². The molecule has 1 aromatic carbocycles. The summed E-state index contributed by atoms with van der Waals surface area (Å²) in [6.07, 6.45) is 5.56. The zero-order chi connectivity index (χ0) is 11.9. The van der Waals surface area contributed by atoms with Gasteiger partial charge < -0.3 is 4.42 Å². The Labute approximate surface area is 103 Å². The van der Waals surface area contributed by atoms with Crippen LogP contribution >= 0.6 is 0 Å². The summed E-state index contributed by atoms with van der Waals surface area (Å²) in [5.41, 5.74) is 1.37. The van der Waals surface area contributed by atoms with Crippen LogP contribution in [0.2, 0.25) is 0 Å². The van der Waals surface area contributed by atoms with Crippen LogP contribution in [-0.4, -0.2) is 0 Å². The Hall–Kier alpha value is -1.50. The zero-order valence-electron chi connectivity index (χ0n) is 10.5. The minimum Gasteiger partial charge on any atom is -0.466 e. The first-order chi connectivity index (χ1) is 8.38. The van der Waals surface area contributed by atoms with Gasteiger partial charge in [-0.2, -0.15) is 0 Å². The van der Waals surface area contributed by atoms with Gasteiger partial charge in [0, 0.05) is 12.8 Å². The van der Waals surface area contributed by atoms with Crippen LogP contribution in [0, 0.1) is 0 Å². The smallest absolute Gasteiger partial charge is 0.104 e. The van der Waals surface area contributed by atoms with Gasteiger partial charge in [0.2, 0.25) is 0 Å². The molecule has 0 saturated carbocycles. The van der Waals surface area contributed by atoms with Gasteiger partial charge in [-0.25, -0.2) is 0 Å². The normalized spacial score (nSPS) is 10.6. The van der Waals surface area contributed by atoms with Crippen LogP contribution in [0.4, 0.5) is 0 Å². The molecule has 0 radical (unpaired) electrons. The van der Waals surface area contributed by atoms with Crippen LogP contribution in [0.25, 0.3) is 0 Å². The average Bonchev–Trinajstić information content (AvgIpc) is 2.83. The van der Waals surface area contributed by atoms with Crippen molar-refractivity contribution in [3.8, 4) is 0 Å². The third-order valence-electron chi connectivity index (χ3n) is 3.00. The standard InChI is InChI=1S/C16H20O/c1-2-3-9-15-12-13-16(17-15)11-10-14-7-5-4-6-8-14/h4-8,12-13H,2-3,9-11H2,1H3. The van der Waals surface area contributed by atoms with E-state index in [0.29, 0.717) is 0 Å². The first-order valence-corrected chi connectivity index (χ1v) is 6.50. The number of aryl methyl sites for hydroxylation is 3. The second-order valence-electron chi connectivity index (χ2n) is 4.46. The molecular formula is C16H20O. The number of furan rings is 1. The Bertz CT molecular complexity index is 428. The fraction of sp³-hybridized carbons (Fsp3) is 0.375. The van der Waals surface area contributed by atoms with Gasteiger partial charge in [-0.3, -0.25) is 0 Å². The van der Waals surface area contributed by atoms with Gasteiger partial charge in [0.25, 0.3) is 0 Å². The molecule has 0 unspecified atom stereocenters. The molecule has 0 atom stereocenters. The predicted molar refractivity (Wildman–Crippen MR) is 71.2 cm³/mol. The van der Waals surface area contributed by atoms with E-state index in [1.54, 1.807) is 0 Å². The summed E-state index contributed by atoms with van der Waals surface area (Å²) in [4.78, 5) is 0. The lowest BCUT2D eigenvalue weighted by Gasteiger charge is -1.99. The highest BCUT2D eigenvalue weighted by atomic mass is 16.3. The second-order valence-corrected chi connectivity index (χ2v) is 4.46. The van der Waals surface area contributed by atoms with Gasteiger partial charge >= 0.3 is 0 Å². The molecular weight excluding hydrogens is 208 g/mol. The molecule has 0 amide bonds. The first kappa shape index (κ1) is 12.0. The summed E-state index contributed by atoms with van der Waals surface area (Å²) in [6, 6.07) is 14.8. The van der Waals surface area contributed by atoms with Gasteiger partial charge in [-0.15, -0.1) is 0 Å². The molecule has 0 aliphatic carbocycles. The van der Waals surface area contributed by atoms with E-state index in [2.05, 4.69) is 49.4 Å². The van der Waals surface area contributed by atoms with E-state index in [-0.39, 0.29) is 0 Å². The number of unbranched alkanes of at least 4 members (excludes halogenated alkanes) is 1. The lowest BCUT2D eigenvalue weighted by molar-refractivity contribution is 0.458. The van der Waals surface area contributed by atoms with Crippen molar-refractivity contribution in [2.24, 2.45) is 0 Å². The van der Waals surface area contributed by atoms with Crippen LogP contribution in [0.5, 0.6) is 0 Å². The molecule has 1 heteroatoms. The SMILES string of the molecule is CCCCc1ccc(CCc2ccccc2)o1. The monoisotopic (exact) mass is 228 g/mol. The van der Waals surface area contributed by atoms with Crippen LogP contribution in [0.15, 0.2) is 46.9 Å². The highest BCUT2D eigenvalue weighted by Crippen LogP contribution is 2.13. The Morgan fingerprint density at radius 1 is 0.824 bits per heavy atom. The van der Waals surface area contributed by atoms with Crippen molar-refractivity contribution < 1.29 is 4.42 Å². The number of benzene rings is 1. The number of rotatable bonds is 6. The van der Waals surface area contributed by atoms with Gasteiger partial charge in [-0.1, -0.05) is 43.7 Å². The summed E-state index contributed by atoms with van der Waals surface area (Å²) >= 11 is 0. The molecule has 0 spiro atoms. The highest BCUT2D eigenvalue weighted by Gasteiger charge is 2.02. The minimum absolute atomic E-state index is 0.996. The van der Waals surface area contributed by atoms with Crippen molar-refractivity contribution in [3.05, 3.63) is 59.5 Å². The maximum atomic E-state index is 5.81. The largest absolute Gasteiger partial charge is 0.466 e. The lowest BCUT2D eigenvalue weighted by Crippen LogP contribution is -1.88. The summed E-state index contributed by atoms with van der Waals surface area (Å²) < 4.78 is 5.81. The van der Waals surface area contributed by atoms with E-state index >= 15 is 0 Å². The lowest BCUT2D eigenvalue weighted by atomic mass is 10.1. The average molecular weight is 228 g/mol. The van der Waals surface area contributed by atoms with Gasteiger partial charge in [0.15, 0.2) is 0 Å². The molecule has 0 aliphatic rings. The van der Waals surface area contributed by atoms with E-state index in [1.807, 2.05) is 0 Å². The van der Waals surface area contributed by atoms with Gasteiger partial charge in [0.1, 0.15) is 11.5 Å². The van der Waals surface area contributed by atoms with Crippen molar-refractivity contribution in [1.82, 2.24) is 0 Å². The molecule has 1 heterocycles. The maximum Gasteiger partial charge on any atom is 0.104 e. The van der Waals surface area contributed by atoms with Crippen LogP contribution in [-0.2, 0) is 19.3 Å². The van der Waals surface area contributed by atoms with Crippen LogP contribution in [0.3, 0.4) is 0 Å². The highest BCUT2D eigenvalue weighted by molar-refractivity contribution is 5.16. The summed E-state index contributed by atoms with van der Waals surface area (Å²) in [5.74, 6) is 2.25. The molecule has 2 rings (SSSR count). The Balaban J connectivity index is 1.85. The quantitative estimate of drug-likeness (QED) is 0.714. The Kier molecular flexibility index (Phi) is 4.43. The van der Waals surface area contributed by atoms with Crippen LogP contribution in [0.1, 0.15) is 36.8 Å². The molecule has 1 nitrogen and oxygen atoms in total. The summed E-state index contributed by atoms with van der Waals surface area (Å²) in [5, 5.41) is 0. The topological polar surface area (TPSA) is 13.1 Å². The fourth-order valence-electron chi connectivity index (χ4n) is 1.95. The second kappa shape index (κ2) is 6.29. The van der Waals surface area contributed by atoms with Gasteiger partial charge in [-0.05, 0) is 30.5 Å². The molecule has 0 aliphatic heterocycles. The molecule has 17 heavy (non-hydrogen) atoms. The third kappa shape index (κ3) is 3.77. The van der Waals surface area contributed by atoms with E-state index in [1.165, 1.54) is 18.4 Å². The summed E-state index contributed by atoms with van der Waals surface area (Å²) in [6.45, 7) is 2.21. The third-order valence-corrected chi connectivity index (χ3v) is 3.00. The van der Waals surface area contributed by atoms with E-state index in [0.717, 1.165) is 30.8 Å².